The van der Waals surface area contributed by atoms with Crippen molar-refractivity contribution in [2.24, 2.45) is 0 Å². The number of hydrogen-bond acceptors (Lipinski definition) is 3. The maximum Gasteiger partial charge on any atom is 0.167 e. The molecule has 0 amide bonds. The van der Waals surface area contributed by atoms with Gasteiger partial charge in [0.1, 0.15) is 6.10 Å². The molecular weight excluding hydrogens is 276 g/mol. The fourth-order valence-electron chi connectivity index (χ4n) is 1.99. The van der Waals surface area contributed by atoms with Crippen molar-refractivity contribution in [3.8, 4) is 11.5 Å². The summed E-state index contributed by atoms with van der Waals surface area (Å²) in [5, 5.41) is 9.96. The van der Waals surface area contributed by atoms with E-state index in [0.29, 0.717) is 22.1 Å². The molecule has 1 N–H and O–H groups in total. The fraction of sp³-hybridized carbons (Fsp3) is 0.250. The van der Waals surface area contributed by atoms with Gasteiger partial charge in [0.25, 0.3) is 0 Å². The zero-order valence-corrected chi connectivity index (χ0v) is 12.2. The van der Waals surface area contributed by atoms with Gasteiger partial charge in [-0.1, -0.05) is 41.9 Å². The van der Waals surface area contributed by atoms with Crippen LogP contribution in [-0.2, 0) is 6.61 Å². The smallest absolute Gasteiger partial charge is 0.167 e. The Kier molecular flexibility index (Phi) is 4.88. The summed E-state index contributed by atoms with van der Waals surface area (Å²) in [4.78, 5) is 0. The number of methoxy groups -OCH3 is 1. The molecule has 0 bridgehead atoms. The van der Waals surface area contributed by atoms with E-state index in [2.05, 4.69) is 0 Å². The van der Waals surface area contributed by atoms with Gasteiger partial charge in [-0.15, -0.1) is 0 Å². The zero-order chi connectivity index (χ0) is 14.5. The van der Waals surface area contributed by atoms with Crippen molar-refractivity contribution < 1.29 is 14.6 Å². The Balaban J connectivity index is 2.33. The standard InChI is InChI=1S/C16H17ClO3/c1-11(12-6-4-3-5-7-12)20-16-13(10-18)8-14(17)9-15(16)19-2/h3-9,11,18H,10H2,1-2H3. The average molecular weight is 293 g/mol. The highest BCUT2D eigenvalue weighted by molar-refractivity contribution is 6.30. The molecule has 0 aliphatic carbocycles. The van der Waals surface area contributed by atoms with E-state index in [-0.39, 0.29) is 12.7 Å². The summed E-state index contributed by atoms with van der Waals surface area (Å²) in [7, 11) is 1.55. The molecule has 0 aliphatic rings. The second-order valence-electron chi connectivity index (χ2n) is 4.43. The summed E-state index contributed by atoms with van der Waals surface area (Å²) in [5.41, 5.74) is 1.66. The molecule has 2 aromatic rings. The first kappa shape index (κ1) is 14.7. The number of rotatable bonds is 5. The van der Waals surface area contributed by atoms with Crippen LogP contribution in [0.4, 0.5) is 0 Å². The lowest BCUT2D eigenvalue weighted by molar-refractivity contribution is 0.203. The molecule has 3 nitrogen and oxygen atoms in total. The molecule has 0 aromatic heterocycles. The van der Waals surface area contributed by atoms with Gasteiger partial charge in [0, 0.05) is 16.7 Å². The van der Waals surface area contributed by atoms with Crippen LogP contribution in [0.25, 0.3) is 0 Å². The highest BCUT2D eigenvalue weighted by atomic mass is 35.5. The van der Waals surface area contributed by atoms with Gasteiger partial charge < -0.3 is 14.6 Å². The first-order valence-electron chi connectivity index (χ1n) is 6.34. The van der Waals surface area contributed by atoms with Gasteiger partial charge >= 0.3 is 0 Å². The second kappa shape index (κ2) is 6.64. The van der Waals surface area contributed by atoms with Crippen molar-refractivity contribution in [1.82, 2.24) is 0 Å². The number of aliphatic hydroxyl groups excluding tert-OH is 1. The van der Waals surface area contributed by atoms with Gasteiger partial charge in [-0.3, -0.25) is 0 Å². The Bertz CT molecular complexity index is 544. The molecule has 4 heteroatoms. The Labute approximate surface area is 123 Å². The predicted molar refractivity (Wildman–Crippen MR) is 79.4 cm³/mol. The van der Waals surface area contributed by atoms with Gasteiger partial charge in [-0.05, 0) is 18.6 Å². The van der Waals surface area contributed by atoms with Gasteiger partial charge in [0.15, 0.2) is 11.5 Å². The van der Waals surface area contributed by atoms with E-state index < -0.39 is 0 Å². The van der Waals surface area contributed by atoms with Crippen LogP contribution < -0.4 is 9.47 Å². The second-order valence-corrected chi connectivity index (χ2v) is 4.86. The van der Waals surface area contributed by atoms with E-state index in [1.807, 2.05) is 37.3 Å². The topological polar surface area (TPSA) is 38.7 Å². The van der Waals surface area contributed by atoms with Crippen LogP contribution in [-0.4, -0.2) is 12.2 Å². The summed E-state index contributed by atoms with van der Waals surface area (Å²) >= 11 is 5.99. The highest BCUT2D eigenvalue weighted by Gasteiger charge is 2.16. The molecule has 20 heavy (non-hydrogen) atoms. The fourth-order valence-corrected chi connectivity index (χ4v) is 2.23. The van der Waals surface area contributed by atoms with Crippen LogP contribution in [0, 0.1) is 0 Å². The molecule has 1 atom stereocenters. The molecule has 0 saturated heterocycles. The van der Waals surface area contributed by atoms with Crippen LogP contribution >= 0.6 is 11.6 Å². The van der Waals surface area contributed by atoms with E-state index in [1.54, 1.807) is 19.2 Å². The van der Waals surface area contributed by atoms with Crippen molar-refractivity contribution in [3.05, 3.63) is 58.6 Å². The Morgan fingerprint density at radius 1 is 1.20 bits per heavy atom. The monoisotopic (exact) mass is 292 g/mol. The van der Waals surface area contributed by atoms with Crippen LogP contribution in [0.2, 0.25) is 5.02 Å². The molecule has 0 saturated carbocycles. The molecule has 0 heterocycles. The molecule has 106 valence electrons. The average Bonchev–Trinajstić information content (AvgIpc) is 2.49. The lowest BCUT2D eigenvalue weighted by atomic mass is 10.1. The quantitative estimate of drug-likeness (QED) is 0.906. The highest BCUT2D eigenvalue weighted by Crippen LogP contribution is 2.37. The third kappa shape index (κ3) is 3.24. The van der Waals surface area contributed by atoms with Gasteiger partial charge in [-0.2, -0.15) is 0 Å². The maximum atomic E-state index is 9.45. The molecular formula is C16H17ClO3. The van der Waals surface area contributed by atoms with Crippen LogP contribution in [0.3, 0.4) is 0 Å². The molecule has 0 spiro atoms. The summed E-state index contributed by atoms with van der Waals surface area (Å²) in [6.07, 6.45) is -0.156. The lowest BCUT2D eigenvalue weighted by Gasteiger charge is -2.20. The van der Waals surface area contributed by atoms with Crippen molar-refractivity contribution in [2.75, 3.05) is 7.11 Å². The summed E-state index contributed by atoms with van der Waals surface area (Å²) in [6.45, 7) is 1.79. The van der Waals surface area contributed by atoms with Gasteiger partial charge in [0.05, 0.1) is 13.7 Å². The molecule has 0 fully saturated rings. The first-order chi connectivity index (χ1) is 9.65. The van der Waals surface area contributed by atoms with Gasteiger partial charge in [0.2, 0.25) is 0 Å². The van der Waals surface area contributed by atoms with Crippen molar-refractivity contribution >= 4 is 11.6 Å². The van der Waals surface area contributed by atoms with Crippen molar-refractivity contribution in [2.45, 2.75) is 19.6 Å². The predicted octanol–water partition coefficient (Wildman–Crippen LogP) is 3.98. The van der Waals surface area contributed by atoms with E-state index in [9.17, 15) is 5.11 Å². The molecule has 0 aliphatic heterocycles. The molecule has 1 unspecified atom stereocenters. The van der Waals surface area contributed by atoms with E-state index in [1.165, 1.54) is 0 Å². The normalized spacial score (nSPS) is 12.0. The van der Waals surface area contributed by atoms with E-state index in [4.69, 9.17) is 21.1 Å². The zero-order valence-electron chi connectivity index (χ0n) is 11.5. The minimum atomic E-state index is -0.159. The summed E-state index contributed by atoms with van der Waals surface area (Å²) in [6, 6.07) is 13.2. The van der Waals surface area contributed by atoms with Gasteiger partial charge in [-0.25, -0.2) is 0 Å². The van der Waals surface area contributed by atoms with Crippen molar-refractivity contribution in [1.29, 1.82) is 0 Å². The van der Waals surface area contributed by atoms with E-state index in [0.717, 1.165) is 5.56 Å². The minimum absolute atomic E-state index is 0.156. The maximum absolute atomic E-state index is 9.45. The summed E-state index contributed by atoms with van der Waals surface area (Å²) in [5.74, 6) is 1.04. The van der Waals surface area contributed by atoms with Crippen molar-refractivity contribution in [3.63, 3.8) is 0 Å². The Hall–Kier alpha value is -1.71. The molecule has 2 aromatic carbocycles. The van der Waals surface area contributed by atoms with Crippen LogP contribution in [0.15, 0.2) is 42.5 Å². The first-order valence-corrected chi connectivity index (χ1v) is 6.72. The van der Waals surface area contributed by atoms with Crippen LogP contribution in [0.5, 0.6) is 11.5 Å². The number of aliphatic hydroxyl groups is 1. The molecule has 2 rings (SSSR count). The third-order valence-corrected chi connectivity index (χ3v) is 3.27. The Morgan fingerprint density at radius 2 is 1.90 bits per heavy atom. The number of benzene rings is 2. The van der Waals surface area contributed by atoms with E-state index >= 15 is 0 Å². The largest absolute Gasteiger partial charge is 0.493 e. The summed E-state index contributed by atoms with van der Waals surface area (Å²) < 4.78 is 11.2. The SMILES string of the molecule is COc1cc(Cl)cc(CO)c1OC(C)c1ccccc1. The number of halogens is 1. The lowest BCUT2D eigenvalue weighted by Crippen LogP contribution is -2.06. The third-order valence-electron chi connectivity index (χ3n) is 3.05. The Morgan fingerprint density at radius 3 is 2.50 bits per heavy atom. The number of hydrogen-bond donors (Lipinski definition) is 1. The van der Waals surface area contributed by atoms with Crippen LogP contribution in [0.1, 0.15) is 24.2 Å². The number of ether oxygens (including phenoxy) is 2. The molecule has 0 radical (unpaired) electrons. The minimum Gasteiger partial charge on any atom is -0.493 e.